The lowest BCUT2D eigenvalue weighted by molar-refractivity contribution is -0.122. The zero-order valence-electron chi connectivity index (χ0n) is 17.8. The van der Waals surface area contributed by atoms with Gasteiger partial charge in [0.05, 0.1) is 29.2 Å². The number of imide groups is 1. The molecule has 0 unspecified atom stereocenters. The number of allylic oxidation sites excluding steroid dienone is 3. The van der Waals surface area contributed by atoms with E-state index in [1.54, 1.807) is 24.3 Å². The van der Waals surface area contributed by atoms with Crippen LogP contribution in [0.25, 0.3) is 5.57 Å². The van der Waals surface area contributed by atoms with Crippen molar-refractivity contribution < 1.29 is 9.59 Å². The molecule has 4 atom stereocenters. The van der Waals surface area contributed by atoms with E-state index in [-0.39, 0.29) is 35.5 Å². The number of amides is 2. The zero-order chi connectivity index (χ0) is 22.5. The van der Waals surface area contributed by atoms with Gasteiger partial charge in [-0.1, -0.05) is 72.8 Å². The van der Waals surface area contributed by atoms with E-state index in [1.165, 1.54) is 10.5 Å². The summed E-state index contributed by atoms with van der Waals surface area (Å²) in [5.41, 5.74) is 5.53. The van der Waals surface area contributed by atoms with Gasteiger partial charge in [0.15, 0.2) is 0 Å². The van der Waals surface area contributed by atoms with Crippen LogP contribution in [-0.2, 0) is 9.59 Å². The van der Waals surface area contributed by atoms with Gasteiger partial charge in [-0.25, -0.2) is 4.90 Å². The van der Waals surface area contributed by atoms with E-state index >= 15 is 0 Å². The first-order valence-corrected chi connectivity index (χ1v) is 11.1. The van der Waals surface area contributed by atoms with E-state index < -0.39 is 0 Å². The Labute approximate surface area is 192 Å². The number of nitriles is 1. The van der Waals surface area contributed by atoms with Crippen LogP contribution in [0.15, 0.2) is 103 Å². The fourth-order valence-electron chi connectivity index (χ4n) is 5.75. The van der Waals surface area contributed by atoms with Gasteiger partial charge in [0.1, 0.15) is 0 Å². The fourth-order valence-corrected chi connectivity index (χ4v) is 5.75. The molecular weight excluding hydrogens is 408 g/mol. The normalized spacial score (nSPS) is 24.8. The fraction of sp³-hybridized carbons (Fsp3) is 0.138. The van der Waals surface area contributed by atoms with Gasteiger partial charge in [-0.05, 0) is 46.5 Å². The molecule has 2 bridgehead atoms. The molecule has 3 aromatic rings. The van der Waals surface area contributed by atoms with Crippen molar-refractivity contribution >= 4 is 23.1 Å². The second-order valence-corrected chi connectivity index (χ2v) is 8.72. The van der Waals surface area contributed by atoms with Crippen LogP contribution in [0.4, 0.5) is 5.69 Å². The Hall–Kier alpha value is -4.23. The molecular formula is C29H20N2O2. The average molecular weight is 428 g/mol. The molecule has 2 amide bonds. The van der Waals surface area contributed by atoms with Crippen molar-refractivity contribution in [3.8, 4) is 6.07 Å². The largest absolute Gasteiger partial charge is 0.274 e. The van der Waals surface area contributed by atoms with Gasteiger partial charge in [0, 0.05) is 11.8 Å². The van der Waals surface area contributed by atoms with Crippen LogP contribution in [0.2, 0.25) is 0 Å². The highest BCUT2D eigenvalue weighted by Gasteiger charge is 2.62. The van der Waals surface area contributed by atoms with E-state index in [1.807, 2.05) is 36.4 Å². The zero-order valence-corrected chi connectivity index (χ0v) is 17.8. The van der Waals surface area contributed by atoms with Crippen molar-refractivity contribution in [2.45, 2.75) is 0 Å². The smallest absolute Gasteiger partial charge is 0.238 e. The third kappa shape index (κ3) is 2.83. The summed E-state index contributed by atoms with van der Waals surface area (Å²) in [6.45, 7) is 0. The number of benzene rings is 3. The average Bonchev–Trinajstić information content (AvgIpc) is 3.50. The molecule has 0 aromatic heterocycles. The summed E-state index contributed by atoms with van der Waals surface area (Å²) in [5, 5.41) is 9.07. The lowest BCUT2D eigenvalue weighted by atomic mass is 9.85. The van der Waals surface area contributed by atoms with Gasteiger partial charge in [0.25, 0.3) is 0 Å². The number of hydrogen-bond acceptors (Lipinski definition) is 3. The van der Waals surface area contributed by atoms with E-state index in [9.17, 15) is 9.59 Å². The van der Waals surface area contributed by atoms with Crippen molar-refractivity contribution in [1.82, 2.24) is 0 Å². The van der Waals surface area contributed by atoms with Crippen molar-refractivity contribution in [3.05, 3.63) is 119 Å². The second kappa shape index (κ2) is 7.43. The van der Waals surface area contributed by atoms with E-state index in [2.05, 4.69) is 42.5 Å². The highest BCUT2D eigenvalue weighted by molar-refractivity contribution is 6.23. The van der Waals surface area contributed by atoms with Crippen molar-refractivity contribution in [2.24, 2.45) is 23.7 Å². The summed E-state index contributed by atoms with van der Waals surface area (Å²) < 4.78 is 0. The topological polar surface area (TPSA) is 61.2 Å². The van der Waals surface area contributed by atoms with Crippen LogP contribution in [0.5, 0.6) is 0 Å². The summed E-state index contributed by atoms with van der Waals surface area (Å²) in [6.07, 6.45) is 4.22. The van der Waals surface area contributed by atoms with Gasteiger partial charge in [0.2, 0.25) is 11.8 Å². The van der Waals surface area contributed by atoms with E-state index in [0.717, 1.165) is 16.7 Å². The minimum absolute atomic E-state index is 0.102. The summed E-state index contributed by atoms with van der Waals surface area (Å²) in [5.74, 6) is -1.28. The summed E-state index contributed by atoms with van der Waals surface area (Å²) in [6, 6.07) is 29.2. The number of carbonyl (C=O) groups excluding carboxylic acids is 2. The summed E-state index contributed by atoms with van der Waals surface area (Å²) in [7, 11) is 0. The highest BCUT2D eigenvalue weighted by atomic mass is 16.2. The minimum Gasteiger partial charge on any atom is -0.274 e. The molecule has 6 rings (SSSR count). The van der Waals surface area contributed by atoms with Crippen LogP contribution in [-0.4, -0.2) is 11.8 Å². The molecule has 2 aliphatic carbocycles. The van der Waals surface area contributed by atoms with Crippen LogP contribution in [0.1, 0.15) is 16.7 Å². The van der Waals surface area contributed by atoms with Gasteiger partial charge < -0.3 is 0 Å². The molecule has 1 saturated carbocycles. The van der Waals surface area contributed by atoms with E-state index in [4.69, 9.17) is 5.26 Å². The molecule has 0 N–H and O–H groups in total. The quantitative estimate of drug-likeness (QED) is 0.437. The molecule has 3 aliphatic rings. The Morgan fingerprint density at radius 2 is 1.18 bits per heavy atom. The molecule has 158 valence electrons. The molecule has 0 radical (unpaired) electrons. The summed E-state index contributed by atoms with van der Waals surface area (Å²) in [4.78, 5) is 28.5. The third-order valence-electron chi connectivity index (χ3n) is 7.08. The van der Waals surface area contributed by atoms with Gasteiger partial charge in [-0.3, -0.25) is 9.59 Å². The molecule has 1 saturated heterocycles. The molecule has 0 spiro atoms. The van der Waals surface area contributed by atoms with Crippen molar-refractivity contribution in [1.29, 1.82) is 5.26 Å². The lowest BCUT2D eigenvalue weighted by Gasteiger charge is -2.21. The van der Waals surface area contributed by atoms with Crippen LogP contribution < -0.4 is 4.90 Å². The number of anilines is 1. The molecule has 4 heteroatoms. The van der Waals surface area contributed by atoms with Crippen LogP contribution in [0.3, 0.4) is 0 Å². The Kier molecular flexibility index (Phi) is 4.38. The van der Waals surface area contributed by atoms with Gasteiger partial charge in [-0.15, -0.1) is 0 Å². The SMILES string of the molecule is N#Cc1ccc(N2C(=O)[C@@H]3[C@H](C2=O)[C@H]2C=C[C@H]3C2=C(c2ccccc2)c2ccccc2)cc1. The Balaban J connectivity index is 1.46. The minimum atomic E-state index is -0.388. The third-order valence-corrected chi connectivity index (χ3v) is 7.08. The Bertz CT molecular complexity index is 1290. The number of fused-ring (bicyclic) bond motifs is 5. The van der Waals surface area contributed by atoms with Crippen LogP contribution >= 0.6 is 0 Å². The number of hydrogen-bond donors (Lipinski definition) is 0. The molecule has 3 aromatic carbocycles. The maximum Gasteiger partial charge on any atom is 0.238 e. The predicted molar refractivity (Wildman–Crippen MR) is 126 cm³/mol. The first kappa shape index (κ1) is 19.5. The maximum atomic E-state index is 13.6. The van der Waals surface area contributed by atoms with Crippen LogP contribution in [0, 0.1) is 35.0 Å². The Morgan fingerprint density at radius 1 is 0.697 bits per heavy atom. The first-order valence-electron chi connectivity index (χ1n) is 11.1. The number of rotatable bonds is 3. The molecule has 4 nitrogen and oxygen atoms in total. The van der Waals surface area contributed by atoms with Gasteiger partial charge >= 0.3 is 0 Å². The lowest BCUT2D eigenvalue weighted by Crippen LogP contribution is -2.33. The molecule has 2 fully saturated rings. The van der Waals surface area contributed by atoms with Gasteiger partial charge in [-0.2, -0.15) is 5.26 Å². The van der Waals surface area contributed by atoms with Crippen molar-refractivity contribution in [2.75, 3.05) is 4.90 Å². The molecule has 1 heterocycles. The van der Waals surface area contributed by atoms with Crippen molar-refractivity contribution in [3.63, 3.8) is 0 Å². The predicted octanol–water partition coefficient (Wildman–Crippen LogP) is 4.98. The maximum absolute atomic E-state index is 13.6. The second-order valence-electron chi connectivity index (χ2n) is 8.72. The molecule has 1 aliphatic heterocycles. The number of carbonyl (C=O) groups is 2. The Morgan fingerprint density at radius 3 is 1.64 bits per heavy atom. The number of nitrogens with zero attached hydrogens (tertiary/aromatic N) is 2. The molecule has 33 heavy (non-hydrogen) atoms. The highest BCUT2D eigenvalue weighted by Crippen LogP contribution is 2.58. The monoisotopic (exact) mass is 428 g/mol. The van der Waals surface area contributed by atoms with E-state index in [0.29, 0.717) is 11.3 Å². The summed E-state index contributed by atoms with van der Waals surface area (Å²) >= 11 is 0. The first-order chi connectivity index (χ1) is 16.2. The standard InChI is InChI=1S/C29H20N2O2/c30-17-18-11-13-21(14-12-18)31-28(32)26-22-15-16-23(27(26)29(31)33)25(22)24(19-7-3-1-4-8-19)20-9-5-2-6-10-20/h1-16,22-23,26-27H/t22-,23-,26-,27+/m0/s1.